The van der Waals surface area contributed by atoms with E-state index < -0.39 is 76.3 Å². The summed E-state index contributed by atoms with van der Waals surface area (Å²) in [6.07, 6.45) is -4.34. The summed E-state index contributed by atoms with van der Waals surface area (Å²) in [7, 11) is 1.35. The molecule has 0 aromatic heterocycles. The Morgan fingerprint density at radius 2 is 1.88 bits per heavy atom. The van der Waals surface area contributed by atoms with Gasteiger partial charge in [0.1, 0.15) is 22.8 Å². The monoisotopic (exact) mass is 669 g/mol. The van der Waals surface area contributed by atoms with Gasteiger partial charge in [0.15, 0.2) is 12.1 Å². The topological polar surface area (TPSA) is 219 Å². The van der Waals surface area contributed by atoms with Crippen molar-refractivity contribution in [3.8, 4) is 17.2 Å². The van der Waals surface area contributed by atoms with Crippen molar-refractivity contribution in [3.63, 3.8) is 0 Å². The second kappa shape index (κ2) is 13.9. The molecule has 7 N–H and O–H groups in total. The van der Waals surface area contributed by atoms with Gasteiger partial charge in [0.05, 0.1) is 67.0 Å². The van der Waals surface area contributed by atoms with E-state index in [4.69, 9.17) is 24.7 Å². The maximum Gasteiger partial charge on any atom is 0.242 e. The van der Waals surface area contributed by atoms with Crippen molar-refractivity contribution >= 4 is 23.2 Å². The largest absolute Gasteiger partial charge is 0.507 e. The highest BCUT2D eigenvalue weighted by molar-refractivity contribution is 6.31. The third kappa shape index (κ3) is 6.43. The Kier molecular flexibility index (Phi) is 10.2. The van der Waals surface area contributed by atoms with E-state index in [1.165, 1.54) is 25.3 Å². The molecule has 1 aliphatic heterocycles. The number of aliphatic hydroxyl groups is 2. The number of rotatable bonds is 10. The Morgan fingerprint density at radius 3 is 2.52 bits per heavy atom. The van der Waals surface area contributed by atoms with Crippen LogP contribution in [0.2, 0.25) is 0 Å². The lowest BCUT2D eigenvalue weighted by Crippen LogP contribution is -2.52. The number of phenols is 2. The van der Waals surface area contributed by atoms with Gasteiger partial charge in [-0.2, -0.15) is 5.10 Å². The van der Waals surface area contributed by atoms with Gasteiger partial charge in [-0.05, 0) is 33.3 Å². The molecule has 2 aromatic rings. The Labute approximate surface area is 277 Å². The van der Waals surface area contributed by atoms with Gasteiger partial charge in [0.2, 0.25) is 11.7 Å². The first-order chi connectivity index (χ1) is 22.7. The number of nitrogens with two attached hydrogens (primary N) is 1. The Hall–Kier alpha value is -3.92. The number of carbonyl (C=O) groups excluding carboxylic acids is 3. The number of fused-ring (bicyclic) bond motifs is 3. The number of ketones is 2. The van der Waals surface area contributed by atoms with Crippen LogP contribution in [0.4, 0.5) is 0 Å². The van der Waals surface area contributed by atoms with Crippen LogP contribution in [-0.2, 0) is 25.4 Å². The van der Waals surface area contributed by atoms with E-state index in [0.717, 1.165) is 0 Å². The second-order valence-electron chi connectivity index (χ2n) is 12.7. The number of aliphatic hydroxyl groups excluding tert-OH is 1. The quantitative estimate of drug-likeness (QED) is 0.104. The first kappa shape index (κ1) is 35.4. The van der Waals surface area contributed by atoms with Crippen molar-refractivity contribution in [2.24, 2.45) is 10.8 Å². The zero-order chi connectivity index (χ0) is 35.1. The van der Waals surface area contributed by atoms with Crippen LogP contribution in [0.1, 0.15) is 102 Å². The van der Waals surface area contributed by atoms with Gasteiger partial charge in [-0.25, -0.2) is 5.43 Å². The van der Waals surface area contributed by atoms with Gasteiger partial charge in [-0.1, -0.05) is 19.1 Å². The average molecular weight is 670 g/mol. The minimum Gasteiger partial charge on any atom is -0.507 e. The van der Waals surface area contributed by atoms with E-state index in [1.54, 1.807) is 13.8 Å². The molecule has 2 aromatic carbocycles. The number of carbonyl (C=O) groups is 3. The first-order valence-electron chi connectivity index (χ1n) is 16.0. The summed E-state index contributed by atoms with van der Waals surface area (Å²) in [6.45, 7) is 7.21. The molecule has 5 rings (SSSR count). The van der Waals surface area contributed by atoms with Crippen LogP contribution in [0.3, 0.4) is 0 Å². The lowest BCUT2D eigenvalue weighted by atomic mass is 9.71. The molecule has 0 bridgehead atoms. The summed E-state index contributed by atoms with van der Waals surface area (Å²) in [6, 6.07) is 3.76. The van der Waals surface area contributed by atoms with Crippen LogP contribution >= 0.6 is 0 Å². The van der Waals surface area contributed by atoms with Crippen LogP contribution in [0.25, 0.3) is 0 Å². The van der Waals surface area contributed by atoms with E-state index in [-0.39, 0.29) is 78.5 Å². The highest BCUT2D eigenvalue weighted by atomic mass is 16.7. The van der Waals surface area contributed by atoms with Crippen molar-refractivity contribution in [1.29, 1.82) is 0 Å². The smallest absolute Gasteiger partial charge is 0.242 e. The number of phenolic OH excluding ortho intramolecular Hbond substituents is 2. The van der Waals surface area contributed by atoms with Crippen LogP contribution < -0.4 is 15.9 Å². The maximum atomic E-state index is 13.9. The fraction of sp³-hybridized carbons (Fsp3) is 0.529. The summed E-state index contributed by atoms with van der Waals surface area (Å²) in [5.74, 6) is -2.98. The van der Waals surface area contributed by atoms with Gasteiger partial charge in [0, 0.05) is 42.0 Å². The molecule has 260 valence electrons. The van der Waals surface area contributed by atoms with E-state index in [9.17, 15) is 34.8 Å². The number of nitrogens with one attached hydrogen (secondary N) is 1. The number of nitrogens with zero attached hydrogens (tertiary/aromatic N) is 1. The summed E-state index contributed by atoms with van der Waals surface area (Å²) in [5.41, 5.74) is 5.90. The third-order valence-corrected chi connectivity index (χ3v) is 9.11. The molecular formula is C34H43N3O11. The van der Waals surface area contributed by atoms with Crippen molar-refractivity contribution < 1.29 is 53.8 Å². The maximum absolute atomic E-state index is 13.9. The van der Waals surface area contributed by atoms with Crippen LogP contribution in [0.5, 0.6) is 17.2 Å². The molecule has 14 heteroatoms. The molecule has 0 saturated carbocycles. The molecule has 1 amide bonds. The van der Waals surface area contributed by atoms with E-state index in [2.05, 4.69) is 10.5 Å². The molecule has 1 fully saturated rings. The summed E-state index contributed by atoms with van der Waals surface area (Å²) in [4.78, 5) is 40.3. The zero-order valence-electron chi connectivity index (χ0n) is 27.6. The molecule has 48 heavy (non-hydrogen) atoms. The minimum atomic E-state index is -1.86. The van der Waals surface area contributed by atoms with E-state index in [1.807, 2.05) is 13.8 Å². The molecule has 1 heterocycles. The number of hydrazone groups is 1. The molecule has 2 aliphatic carbocycles. The van der Waals surface area contributed by atoms with Gasteiger partial charge in [0.25, 0.3) is 0 Å². The molecule has 0 spiro atoms. The summed E-state index contributed by atoms with van der Waals surface area (Å²) in [5, 5.41) is 50.3. The minimum absolute atomic E-state index is 0.0162. The molecule has 3 aliphatic rings. The van der Waals surface area contributed by atoms with Crippen molar-refractivity contribution in [2.75, 3.05) is 13.7 Å². The van der Waals surface area contributed by atoms with Gasteiger partial charge in [-0.15, -0.1) is 0 Å². The predicted octanol–water partition coefficient (Wildman–Crippen LogP) is 2.14. The van der Waals surface area contributed by atoms with Crippen molar-refractivity contribution in [3.05, 3.63) is 51.6 Å². The zero-order valence-corrected chi connectivity index (χ0v) is 27.6. The Morgan fingerprint density at radius 1 is 1.17 bits per heavy atom. The fourth-order valence-electron chi connectivity index (χ4n) is 6.70. The Balaban J connectivity index is 1.60. The van der Waals surface area contributed by atoms with Crippen LogP contribution in [0, 0.1) is 0 Å². The standard InChI is InChI=1S/C34H43N3O11/c1-6-22(36-37-23(38)10-11-46-15(2)3)34(44)13-18-26(21(14-34)48-24-12-19(35)29(39)16(4)47-24)33(43)28-27(31(18)41)30(40)17-8-7-9-20(45-5)25(17)32(28)42/h7-9,15-16,19,21,24,29,39,41,43-44H,6,10-14,35H2,1-5H3,(H,37,38)/b36-22-/t16-,19-,21-,24?,29+,34-/m0/s1. The Bertz CT molecular complexity index is 1630. The predicted molar refractivity (Wildman–Crippen MR) is 171 cm³/mol. The third-order valence-electron chi connectivity index (χ3n) is 9.11. The number of amides is 1. The highest BCUT2D eigenvalue weighted by Gasteiger charge is 2.49. The van der Waals surface area contributed by atoms with Gasteiger partial charge < -0.3 is 45.1 Å². The van der Waals surface area contributed by atoms with E-state index >= 15 is 0 Å². The SMILES string of the molecule is CC/C(=N/NC(=O)CCOC(C)C)[C@]1(O)Cc2c(O)c3c(c(O)c2[C@@H](OC2C[C@H](N)[C@H](O)[C@H](C)O2)C1)C(=O)c1c(OC)cccc1C3=O. The fourth-order valence-corrected chi connectivity index (χ4v) is 6.70. The molecule has 1 unspecified atom stereocenters. The lowest BCUT2D eigenvalue weighted by Gasteiger charge is -2.43. The van der Waals surface area contributed by atoms with Gasteiger partial charge in [-0.3, -0.25) is 14.4 Å². The van der Waals surface area contributed by atoms with Crippen molar-refractivity contribution in [1.82, 2.24) is 5.43 Å². The number of hydrogen-bond donors (Lipinski definition) is 6. The van der Waals surface area contributed by atoms with Crippen molar-refractivity contribution in [2.45, 2.75) is 102 Å². The highest BCUT2D eigenvalue weighted by Crippen LogP contribution is 2.52. The molecule has 14 nitrogen and oxygen atoms in total. The first-order valence-corrected chi connectivity index (χ1v) is 16.0. The van der Waals surface area contributed by atoms with Gasteiger partial charge >= 0.3 is 0 Å². The lowest BCUT2D eigenvalue weighted by molar-refractivity contribution is -0.245. The number of benzene rings is 2. The molecule has 1 saturated heterocycles. The summed E-state index contributed by atoms with van der Waals surface area (Å²) < 4.78 is 22.9. The molecule has 0 radical (unpaired) electrons. The number of aromatic hydroxyl groups is 2. The van der Waals surface area contributed by atoms with Crippen LogP contribution in [0.15, 0.2) is 23.3 Å². The number of hydrogen-bond acceptors (Lipinski definition) is 13. The number of ether oxygens (including phenoxy) is 4. The molecule has 6 atom stereocenters. The van der Waals surface area contributed by atoms with E-state index in [0.29, 0.717) is 0 Å². The summed E-state index contributed by atoms with van der Waals surface area (Å²) >= 11 is 0. The van der Waals surface area contributed by atoms with Crippen LogP contribution in [-0.4, -0.2) is 93.6 Å². The average Bonchev–Trinajstić information content (AvgIpc) is 3.03. The molecular weight excluding hydrogens is 626 g/mol. The number of methoxy groups -OCH3 is 1. The normalized spacial score (nSPS) is 26.9. The second-order valence-corrected chi connectivity index (χ2v) is 12.7.